The largest absolute Gasteiger partial charge is 0.352 e. The number of rotatable bonds is 5. The highest BCUT2D eigenvalue weighted by atomic mass is 19.1. The molecule has 0 radical (unpaired) electrons. The lowest BCUT2D eigenvalue weighted by Gasteiger charge is -2.09. The van der Waals surface area contributed by atoms with Gasteiger partial charge in [0.1, 0.15) is 0 Å². The first kappa shape index (κ1) is 12.6. The summed E-state index contributed by atoms with van der Waals surface area (Å²) < 4.78 is 12.5. The summed E-state index contributed by atoms with van der Waals surface area (Å²) in [6, 6.07) is 2.60. The van der Waals surface area contributed by atoms with E-state index in [0.29, 0.717) is 12.1 Å². The van der Waals surface area contributed by atoms with Gasteiger partial charge in [-0.05, 0) is 39.2 Å². The Morgan fingerprint density at radius 3 is 2.81 bits per heavy atom. The minimum atomic E-state index is -0.579. The number of nitrogens with one attached hydrogen (secondary N) is 1. The molecule has 5 heteroatoms. The fourth-order valence-corrected chi connectivity index (χ4v) is 1.21. The Bertz CT molecular complexity index is 338. The molecule has 1 aromatic heterocycles. The van der Waals surface area contributed by atoms with Crippen molar-refractivity contribution in [2.75, 3.05) is 27.2 Å². The second-order valence-corrected chi connectivity index (χ2v) is 3.78. The van der Waals surface area contributed by atoms with Crippen LogP contribution in [0, 0.1) is 5.95 Å². The Labute approximate surface area is 94.5 Å². The minimum absolute atomic E-state index is 0.216. The summed E-state index contributed by atoms with van der Waals surface area (Å²) in [6.07, 6.45) is 2.12. The van der Waals surface area contributed by atoms with Crippen LogP contribution in [0.2, 0.25) is 0 Å². The van der Waals surface area contributed by atoms with Crippen molar-refractivity contribution in [3.8, 4) is 0 Å². The van der Waals surface area contributed by atoms with E-state index in [4.69, 9.17) is 0 Å². The van der Waals surface area contributed by atoms with E-state index in [1.165, 1.54) is 18.3 Å². The summed E-state index contributed by atoms with van der Waals surface area (Å²) >= 11 is 0. The molecule has 0 saturated heterocycles. The van der Waals surface area contributed by atoms with E-state index >= 15 is 0 Å². The molecule has 1 heterocycles. The highest BCUT2D eigenvalue weighted by Crippen LogP contribution is 1.98. The molecule has 0 aromatic carbocycles. The minimum Gasteiger partial charge on any atom is -0.352 e. The third-order valence-electron chi connectivity index (χ3n) is 2.06. The molecule has 0 aliphatic rings. The molecule has 1 amide bonds. The van der Waals surface area contributed by atoms with Gasteiger partial charge >= 0.3 is 0 Å². The Kier molecular flexibility index (Phi) is 4.85. The predicted octanol–water partition coefficient (Wildman–Crippen LogP) is 0.902. The first-order valence-corrected chi connectivity index (χ1v) is 5.14. The number of halogens is 1. The Morgan fingerprint density at radius 1 is 1.50 bits per heavy atom. The van der Waals surface area contributed by atoms with Crippen molar-refractivity contribution in [1.29, 1.82) is 0 Å². The summed E-state index contributed by atoms with van der Waals surface area (Å²) in [7, 11) is 3.96. The molecular formula is C11H16FN3O. The van der Waals surface area contributed by atoms with E-state index in [1.807, 2.05) is 19.0 Å². The van der Waals surface area contributed by atoms with E-state index in [-0.39, 0.29) is 5.91 Å². The number of hydrogen-bond acceptors (Lipinski definition) is 3. The molecule has 88 valence electrons. The Balaban J connectivity index is 2.32. The monoisotopic (exact) mass is 225 g/mol. The summed E-state index contributed by atoms with van der Waals surface area (Å²) in [6.45, 7) is 1.52. The molecule has 0 fully saturated rings. The van der Waals surface area contributed by atoms with Gasteiger partial charge in [0.15, 0.2) is 0 Å². The molecule has 1 aromatic rings. The lowest BCUT2D eigenvalue weighted by molar-refractivity contribution is 0.0952. The van der Waals surface area contributed by atoms with Crippen LogP contribution in [0.5, 0.6) is 0 Å². The van der Waals surface area contributed by atoms with Gasteiger partial charge in [0.25, 0.3) is 5.91 Å². The molecule has 0 atom stereocenters. The van der Waals surface area contributed by atoms with E-state index in [9.17, 15) is 9.18 Å². The lowest BCUT2D eigenvalue weighted by Crippen LogP contribution is -2.27. The molecule has 4 nitrogen and oxygen atoms in total. The van der Waals surface area contributed by atoms with Crippen LogP contribution in [0.3, 0.4) is 0 Å². The molecule has 16 heavy (non-hydrogen) atoms. The van der Waals surface area contributed by atoms with E-state index < -0.39 is 5.95 Å². The quantitative estimate of drug-likeness (QED) is 0.598. The van der Waals surface area contributed by atoms with Crippen LogP contribution in [-0.2, 0) is 0 Å². The molecule has 0 unspecified atom stereocenters. The van der Waals surface area contributed by atoms with Crippen molar-refractivity contribution < 1.29 is 9.18 Å². The number of hydrogen-bond donors (Lipinski definition) is 1. The number of nitrogens with zero attached hydrogens (tertiary/aromatic N) is 2. The molecule has 1 N–H and O–H groups in total. The first-order valence-electron chi connectivity index (χ1n) is 5.14. The predicted molar refractivity (Wildman–Crippen MR) is 59.7 cm³/mol. The normalized spacial score (nSPS) is 10.5. The molecule has 0 aliphatic heterocycles. The Hall–Kier alpha value is -1.49. The fourth-order valence-electron chi connectivity index (χ4n) is 1.21. The summed E-state index contributed by atoms with van der Waals surface area (Å²) in [4.78, 5) is 17.0. The van der Waals surface area contributed by atoms with Crippen LogP contribution in [0.15, 0.2) is 18.3 Å². The van der Waals surface area contributed by atoms with Gasteiger partial charge in [0, 0.05) is 12.7 Å². The van der Waals surface area contributed by atoms with Crippen LogP contribution >= 0.6 is 0 Å². The number of carbonyl (C=O) groups is 1. The van der Waals surface area contributed by atoms with Crippen molar-refractivity contribution in [2.45, 2.75) is 6.42 Å². The second kappa shape index (κ2) is 6.17. The number of pyridine rings is 1. The average molecular weight is 225 g/mol. The van der Waals surface area contributed by atoms with Crippen LogP contribution in [0.25, 0.3) is 0 Å². The van der Waals surface area contributed by atoms with Gasteiger partial charge in [-0.15, -0.1) is 0 Å². The van der Waals surface area contributed by atoms with Crippen molar-refractivity contribution >= 4 is 5.91 Å². The van der Waals surface area contributed by atoms with Gasteiger partial charge in [-0.1, -0.05) is 0 Å². The van der Waals surface area contributed by atoms with Gasteiger partial charge in [-0.3, -0.25) is 4.79 Å². The van der Waals surface area contributed by atoms with Gasteiger partial charge in [-0.2, -0.15) is 4.39 Å². The molecule has 0 aliphatic carbocycles. The molecule has 0 saturated carbocycles. The highest BCUT2D eigenvalue weighted by molar-refractivity contribution is 5.93. The van der Waals surface area contributed by atoms with E-state index in [0.717, 1.165) is 13.0 Å². The summed E-state index contributed by atoms with van der Waals surface area (Å²) in [5.41, 5.74) is 0.381. The van der Waals surface area contributed by atoms with Crippen molar-refractivity contribution in [1.82, 2.24) is 15.2 Å². The zero-order valence-corrected chi connectivity index (χ0v) is 9.53. The second-order valence-electron chi connectivity index (χ2n) is 3.78. The van der Waals surface area contributed by atoms with Gasteiger partial charge < -0.3 is 10.2 Å². The number of amides is 1. The van der Waals surface area contributed by atoms with Crippen LogP contribution in [0.4, 0.5) is 4.39 Å². The maximum absolute atomic E-state index is 12.5. The van der Waals surface area contributed by atoms with Gasteiger partial charge in [-0.25, -0.2) is 4.98 Å². The number of carbonyl (C=O) groups excluding carboxylic acids is 1. The van der Waals surface area contributed by atoms with Crippen molar-refractivity contribution in [3.63, 3.8) is 0 Å². The lowest BCUT2D eigenvalue weighted by atomic mass is 10.2. The van der Waals surface area contributed by atoms with Gasteiger partial charge in [0.05, 0.1) is 5.56 Å². The molecular weight excluding hydrogens is 209 g/mol. The van der Waals surface area contributed by atoms with E-state index in [2.05, 4.69) is 10.3 Å². The number of aromatic nitrogens is 1. The Morgan fingerprint density at radius 2 is 2.25 bits per heavy atom. The standard InChI is InChI=1S/C11H16FN3O/c1-15(2)7-3-6-13-11(16)9-4-5-10(12)14-8-9/h4-5,8H,3,6-7H2,1-2H3,(H,13,16). The molecule has 0 spiro atoms. The smallest absolute Gasteiger partial charge is 0.252 e. The molecule has 1 rings (SSSR count). The first-order chi connectivity index (χ1) is 7.59. The maximum atomic E-state index is 12.5. The van der Waals surface area contributed by atoms with Crippen LogP contribution in [0.1, 0.15) is 16.8 Å². The molecule has 0 bridgehead atoms. The van der Waals surface area contributed by atoms with Crippen LogP contribution in [-0.4, -0.2) is 43.0 Å². The zero-order chi connectivity index (χ0) is 12.0. The zero-order valence-electron chi connectivity index (χ0n) is 9.53. The maximum Gasteiger partial charge on any atom is 0.252 e. The third-order valence-corrected chi connectivity index (χ3v) is 2.06. The summed E-state index contributed by atoms with van der Waals surface area (Å²) in [5.74, 6) is -0.796. The third kappa shape index (κ3) is 4.35. The SMILES string of the molecule is CN(C)CCCNC(=O)c1ccc(F)nc1. The summed E-state index contributed by atoms with van der Waals surface area (Å²) in [5, 5.41) is 2.75. The van der Waals surface area contributed by atoms with Crippen LogP contribution < -0.4 is 5.32 Å². The van der Waals surface area contributed by atoms with Crippen molar-refractivity contribution in [3.05, 3.63) is 29.8 Å². The average Bonchev–Trinajstić information content (AvgIpc) is 2.25. The van der Waals surface area contributed by atoms with E-state index in [1.54, 1.807) is 0 Å². The van der Waals surface area contributed by atoms with Gasteiger partial charge in [0.2, 0.25) is 5.95 Å². The topological polar surface area (TPSA) is 45.2 Å². The highest BCUT2D eigenvalue weighted by Gasteiger charge is 2.04. The van der Waals surface area contributed by atoms with Crippen molar-refractivity contribution in [2.24, 2.45) is 0 Å². The fraction of sp³-hybridized carbons (Fsp3) is 0.455.